The van der Waals surface area contributed by atoms with Gasteiger partial charge < -0.3 is 14.6 Å². The number of rotatable bonds is 4. The number of piperidine rings is 1. The number of aliphatic hydroxyl groups is 1. The van der Waals surface area contributed by atoms with Gasteiger partial charge >= 0.3 is 0 Å². The number of hydrogen-bond donors (Lipinski definition) is 1. The molecule has 1 aliphatic rings. The van der Waals surface area contributed by atoms with Crippen LogP contribution in [0.2, 0.25) is 5.15 Å². The fraction of sp³-hybridized carbons (Fsp3) is 0.588. The van der Waals surface area contributed by atoms with Crippen molar-refractivity contribution >= 4 is 17.4 Å². The van der Waals surface area contributed by atoms with Crippen molar-refractivity contribution in [3.63, 3.8) is 0 Å². The summed E-state index contributed by atoms with van der Waals surface area (Å²) in [7, 11) is 1.91. The van der Waals surface area contributed by atoms with E-state index in [9.17, 15) is 5.11 Å². The zero-order chi connectivity index (χ0) is 17.3. The Morgan fingerprint density at radius 1 is 1.42 bits per heavy atom. The van der Waals surface area contributed by atoms with Crippen LogP contribution in [0.25, 0.3) is 0 Å². The van der Waals surface area contributed by atoms with Crippen LogP contribution in [0.4, 0.5) is 5.82 Å². The van der Waals surface area contributed by atoms with Crippen molar-refractivity contribution in [1.82, 2.24) is 19.5 Å². The average Bonchev–Trinajstić information content (AvgIpc) is 2.99. The van der Waals surface area contributed by atoms with E-state index in [4.69, 9.17) is 11.6 Å². The quantitative estimate of drug-likeness (QED) is 0.859. The summed E-state index contributed by atoms with van der Waals surface area (Å²) in [6.07, 6.45) is 5.79. The Labute approximate surface area is 147 Å². The van der Waals surface area contributed by atoms with Crippen LogP contribution in [0, 0.1) is 12.8 Å². The summed E-state index contributed by atoms with van der Waals surface area (Å²) in [5.74, 6) is 2.43. The molecule has 2 aromatic rings. The van der Waals surface area contributed by atoms with E-state index in [1.54, 1.807) is 6.20 Å². The summed E-state index contributed by atoms with van der Waals surface area (Å²) >= 11 is 6.31. The molecular formula is C17H24ClN5O. The largest absolute Gasteiger partial charge is 0.385 e. The number of nitrogens with zero attached hydrogens (tertiary/aromatic N) is 5. The molecule has 2 aromatic heterocycles. The molecule has 0 bridgehead atoms. The third-order valence-electron chi connectivity index (χ3n) is 4.73. The molecule has 1 fully saturated rings. The Bertz CT molecular complexity index is 717. The van der Waals surface area contributed by atoms with Gasteiger partial charge in [-0.2, -0.15) is 0 Å². The molecule has 0 amide bonds. The van der Waals surface area contributed by atoms with E-state index in [1.165, 1.54) is 0 Å². The van der Waals surface area contributed by atoms with E-state index in [0.717, 1.165) is 49.6 Å². The predicted octanol–water partition coefficient (Wildman–Crippen LogP) is 2.68. The molecule has 7 heteroatoms. The first kappa shape index (κ1) is 17.2. The minimum atomic E-state index is -0.573. The molecular weight excluding hydrogens is 326 g/mol. The minimum absolute atomic E-state index is 0.124. The van der Waals surface area contributed by atoms with Crippen LogP contribution in [0.5, 0.6) is 0 Å². The zero-order valence-corrected chi connectivity index (χ0v) is 15.2. The summed E-state index contributed by atoms with van der Waals surface area (Å²) in [4.78, 5) is 15.4. The topological polar surface area (TPSA) is 67.1 Å². The third kappa shape index (κ3) is 3.26. The maximum absolute atomic E-state index is 10.7. The van der Waals surface area contributed by atoms with Crippen LogP contribution in [-0.4, -0.2) is 37.7 Å². The van der Waals surface area contributed by atoms with Crippen LogP contribution in [0.1, 0.15) is 43.1 Å². The van der Waals surface area contributed by atoms with Gasteiger partial charge in [-0.05, 0) is 26.2 Å². The van der Waals surface area contributed by atoms with Gasteiger partial charge in [-0.15, -0.1) is 0 Å². The highest BCUT2D eigenvalue weighted by molar-refractivity contribution is 6.30. The number of aryl methyl sites for hydroxylation is 2. The lowest BCUT2D eigenvalue weighted by Gasteiger charge is -2.36. The Hall–Kier alpha value is -1.66. The molecule has 130 valence electrons. The molecule has 0 saturated carbocycles. The van der Waals surface area contributed by atoms with Gasteiger partial charge in [-0.1, -0.05) is 18.5 Å². The van der Waals surface area contributed by atoms with Gasteiger partial charge in [-0.3, -0.25) is 0 Å². The maximum Gasteiger partial charge on any atom is 0.138 e. The fourth-order valence-corrected chi connectivity index (χ4v) is 3.79. The smallest absolute Gasteiger partial charge is 0.138 e. The summed E-state index contributed by atoms with van der Waals surface area (Å²) in [5.41, 5.74) is 0.981. The molecule has 3 rings (SSSR count). The molecule has 2 unspecified atom stereocenters. The van der Waals surface area contributed by atoms with Crippen LogP contribution < -0.4 is 4.90 Å². The van der Waals surface area contributed by atoms with Gasteiger partial charge in [0.05, 0.1) is 0 Å². The van der Waals surface area contributed by atoms with Crippen molar-refractivity contribution in [3.8, 4) is 0 Å². The molecule has 24 heavy (non-hydrogen) atoms. The van der Waals surface area contributed by atoms with Gasteiger partial charge in [0.25, 0.3) is 0 Å². The molecule has 3 heterocycles. The SMILES string of the molecule is CCc1c(Cl)nc(C)nc1N1CCCC(C(O)c2nccn2C)C1. The van der Waals surface area contributed by atoms with Gasteiger partial charge in [0.2, 0.25) is 0 Å². The minimum Gasteiger partial charge on any atom is -0.385 e. The van der Waals surface area contributed by atoms with E-state index in [2.05, 4.69) is 26.8 Å². The number of anilines is 1. The first-order valence-corrected chi connectivity index (χ1v) is 8.82. The Morgan fingerprint density at radius 2 is 2.21 bits per heavy atom. The van der Waals surface area contributed by atoms with Crippen molar-refractivity contribution in [1.29, 1.82) is 0 Å². The fourth-order valence-electron chi connectivity index (χ4n) is 3.45. The summed E-state index contributed by atoms with van der Waals surface area (Å²) in [5, 5.41) is 11.3. The lowest BCUT2D eigenvalue weighted by atomic mass is 9.91. The van der Waals surface area contributed by atoms with Crippen molar-refractivity contribution in [2.45, 2.75) is 39.2 Å². The van der Waals surface area contributed by atoms with E-state index in [-0.39, 0.29) is 5.92 Å². The maximum atomic E-state index is 10.7. The lowest BCUT2D eigenvalue weighted by molar-refractivity contribution is 0.0873. The van der Waals surface area contributed by atoms with Gasteiger partial charge in [0, 0.05) is 44.0 Å². The molecule has 0 radical (unpaired) electrons. The molecule has 2 atom stereocenters. The average molecular weight is 350 g/mol. The monoisotopic (exact) mass is 349 g/mol. The molecule has 0 aliphatic carbocycles. The first-order valence-electron chi connectivity index (χ1n) is 8.44. The predicted molar refractivity (Wildman–Crippen MR) is 94.3 cm³/mol. The number of aliphatic hydroxyl groups excluding tert-OH is 1. The van der Waals surface area contributed by atoms with Crippen molar-refractivity contribution in [2.75, 3.05) is 18.0 Å². The van der Waals surface area contributed by atoms with Crippen LogP contribution in [-0.2, 0) is 13.5 Å². The molecule has 0 aromatic carbocycles. The van der Waals surface area contributed by atoms with Gasteiger partial charge in [0.1, 0.15) is 28.7 Å². The van der Waals surface area contributed by atoms with Gasteiger partial charge in [0.15, 0.2) is 0 Å². The third-order valence-corrected chi connectivity index (χ3v) is 5.04. The molecule has 0 spiro atoms. The van der Waals surface area contributed by atoms with Gasteiger partial charge in [-0.25, -0.2) is 15.0 Å². The molecule has 1 saturated heterocycles. The summed E-state index contributed by atoms with van der Waals surface area (Å²) < 4.78 is 1.88. The molecule has 6 nitrogen and oxygen atoms in total. The van der Waals surface area contributed by atoms with E-state index < -0.39 is 6.10 Å². The molecule has 1 N–H and O–H groups in total. The van der Waals surface area contributed by atoms with E-state index in [0.29, 0.717) is 11.0 Å². The Kier molecular flexibility index (Phi) is 5.06. The normalized spacial score (nSPS) is 19.5. The van der Waals surface area contributed by atoms with E-state index in [1.807, 2.05) is 24.7 Å². The van der Waals surface area contributed by atoms with Crippen molar-refractivity contribution in [3.05, 3.63) is 34.8 Å². The van der Waals surface area contributed by atoms with E-state index >= 15 is 0 Å². The second kappa shape index (κ2) is 7.07. The Balaban J connectivity index is 1.85. The highest BCUT2D eigenvalue weighted by Gasteiger charge is 2.31. The highest BCUT2D eigenvalue weighted by Crippen LogP contribution is 2.33. The van der Waals surface area contributed by atoms with Crippen LogP contribution >= 0.6 is 11.6 Å². The first-order chi connectivity index (χ1) is 11.5. The number of halogens is 1. The number of aromatic nitrogens is 4. The summed E-state index contributed by atoms with van der Waals surface area (Å²) in [6, 6.07) is 0. The van der Waals surface area contributed by atoms with Crippen molar-refractivity contribution in [2.24, 2.45) is 13.0 Å². The highest BCUT2D eigenvalue weighted by atomic mass is 35.5. The van der Waals surface area contributed by atoms with Crippen LogP contribution in [0.15, 0.2) is 12.4 Å². The standard InChI is InChI=1S/C17H24ClN5O/c1-4-13-15(18)20-11(2)21-16(13)23-8-5-6-12(10-23)14(24)17-19-7-9-22(17)3/h7,9,12,14,24H,4-6,8,10H2,1-3H3. The summed E-state index contributed by atoms with van der Waals surface area (Å²) in [6.45, 7) is 5.59. The number of hydrogen-bond acceptors (Lipinski definition) is 5. The second-order valence-electron chi connectivity index (χ2n) is 6.41. The second-order valence-corrected chi connectivity index (χ2v) is 6.76. The number of imidazole rings is 1. The molecule has 1 aliphatic heterocycles. The lowest BCUT2D eigenvalue weighted by Crippen LogP contribution is -2.39. The van der Waals surface area contributed by atoms with Crippen molar-refractivity contribution < 1.29 is 5.11 Å². The zero-order valence-electron chi connectivity index (χ0n) is 14.4. The van der Waals surface area contributed by atoms with Crippen LogP contribution in [0.3, 0.4) is 0 Å². The Morgan fingerprint density at radius 3 is 2.88 bits per heavy atom.